The number of anilines is 1. The number of benzene rings is 1. The first kappa shape index (κ1) is 52.7. The number of hydrogen-bond acceptors (Lipinski definition) is 16. The summed E-state index contributed by atoms with van der Waals surface area (Å²) in [5.41, 5.74) is -1.21. The highest BCUT2D eigenvalue weighted by atomic mass is 35.5. The fourth-order valence-corrected chi connectivity index (χ4v) is 11.0. The predicted octanol–water partition coefficient (Wildman–Crippen LogP) is 3.26. The SMILES string of the molecule is COc1cc2cc(c1Cl)N(C)C(=O)C[C@H](OC(=O)[C@H](C)N(C)C(=O)CCSC1CC(=O)N(CCN3C(=O)CC(SC)C3=O)C1=O)[C@]1(C)OC1[C@H](C)C1C[C@@](O)(NC(=O)O1)[C@H](OC)/C=C/C=C(\C)C2. The molecule has 0 radical (unpaired) electrons. The third-order valence-electron chi connectivity index (χ3n) is 13.4. The zero-order valence-electron chi connectivity index (χ0n) is 39.6. The van der Waals surface area contributed by atoms with E-state index in [9.17, 15) is 43.5 Å². The van der Waals surface area contributed by atoms with Crippen molar-refractivity contribution in [3.63, 3.8) is 0 Å². The molecular formula is C46H60ClN5O14S2. The molecule has 4 saturated heterocycles. The van der Waals surface area contributed by atoms with Gasteiger partial charge in [0.15, 0.2) is 5.72 Å². The van der Waals surface area contributed by atoms with E-state index in [1.54, 1.807) is 44.4 Å². The van der Waals surface area contributed by atoms with Crippen LogP contribution in [0.5, 0.6) is 5.75 Å². The van der Waals surface area contributed by atoms with Gasteiger partial charge in [0, 0.05) is 71.6 Å². The van der Waals surface area contributed by atoms with E-state index in [0.29, 0.717) is 17.9 Å². The van der Waals surface area contributed by atoms with Gasteiger partial charge in [-0.2, -0.15) is 11.8 Å². The standard InChI is InChI=1S/C46H60ClN5O14S2/c1-24-11-10-12-33(63-8)46(61)23-30(64-44(60)48-46)25(2)40-45(4,66-40)34(22-36(54)50(6)28-18-27(17-24)19-29(62-7)39(28)47)65-43(59)26(3)49(5)35(53)13-16-68-32-21-38(56)52(42(32)58)15-14-51-37(55)20-31(67-9)41(51)57/h10-12,18-19,25-26,30-34,40,61H,13-17,20-23H2,1-9H3,(H,48,60)/b12-10+,24-11+/t25-,26+,30?,31?,32?,33-,34+,40?,45+,46+/m1/s1. The lowest BCUT2D eigenvalue weighted by Gasteiger charge is -2.42. The number of fused-ring (bicyclic) bond motifs is 5. The number of ether oxygens (including phenoxy) is 5. The number of rotatable bonds is 13. The Morgan fingerprint density at radius 3 is 2.29 bits per heavy atom. The van der Waals surface area contributed by atoms with Crippen LogP contribution in [0, 0.1) is 5.92 Å². The van der Waals surface area contributed by atoms with Crippen LogP contribution >= 0.6 is 35.1 Å². The average molecular weight is 1010 g/mol. The van der Waals surface area contributed by atoms with E-state index < -0.39 is 100 Å². The lowest BCUT2D eigenvalue weighted by atomic mass is 9.83. The molecule has 372 valence electrons. The minimum atomic E-state index is -1.88. The van der Waals surface area contributed by atoms with E-state index in [-0.39, 0.29) is 61.4 Å². The number of likely N-dealkylation sites (tertiary alicyclic amines) is 2. The van der Waals surface area contributed by atoms with E-state index in [1.165, 1.54) is 56.8 Å². The van der Waals surface area contributed by atoms with Crippen molar-refractivity contribution in [3.8, 4) is 5.75 Å². The van der Waals surface area contributed by atoms with E-state index in [2.05, 4.69) is 5.32 Å². The van der Waals surface area contributed by atoms with Gasteiger partial charge >= 0.3 is 12.1 Å². The molecule has 10 atom stereocenters. The van der Waals surface area contributed by atoms with Crippen LogP contribution in [0.1, 0.15) is 65.4 Å². The lowest BCUT2D eigenvalue weighted by molar-refractivity contribution is -0.162. The molecule has 6 rings (SSSR count). The van der Waals surface area contributed by atoms with E-state index in [0.717, 1.165) is 32.7 Å². The van der Waals surface area contributed by atoms with Gasteiger partial charge in [0.2, 0.25) is 35.4 Å². The molecule has 5 heterocycles. The molecule has 0 spiro atoms. The van der Waals surface area contributed by atoms with Crippen LogP contribution in [-0.2, 0) is 58.9 Å². The highest BCUT2D eigenvalue weighted by Gasteiger charge is 2.64. The first-order valence-corrected chi connectivity index (χ1v) is 25.0. The van der Waals surface area contributed by atoms with E-state index in [1.807, 2.05) is 13.0 Å². The lowest BCUT2D eigenvalue weighted by Crippen LogP contribution is -2.63. The molecule has 0 aliphatic carbocycles. The average Bonchev–Trinajstić information content (AvgIpc) is 3.82. The number of imide groups is 2. The summed E-state index contributed by atoms with van der Waals surface area (Å²) in [7, 11) is 5.83. The van der Waals surface area contributed by atoms with Crippen LogP contribution in [0.2, 0.25) is 5.02 Å². The normalized spacial score (nSPS) is 31.7. The van der Waals surface area contributed by atoms with Crippen molar-refractivity contribution in [2.45, 2.75) is 119 Å². The summed E-state index contributed by atoms with van der Waals surface area (Å²) in [6, 6.07) is 2.36. The Bertz CT molecular complexity index is 2270. The molecule has 5 aliphatic rings. The highest BCUT2D eigenvalue weighted by Crippen LogP contribution is 2.49. The number of halogens is 1. The number of epoxide rings is 1. The molecule has 2 N–H and O–H groups in total. The number of amides is 7. The first-order chi connectivity index (χ1) is 32.1. The zero-order chi connectivity index (χ0) is 50.0. The predicted molar refractivity (Wildman–Crippen MR) is 252 cm³/mol. The van der Waals surface area contributed by atoms with Crippen molar-refractivity contribution in [2.24, 2.45) is 5.92 Å². The minimum absolute atomic E-state index is 0.0736. The second-order valence-corrected chi connectivity index (χ2v) is 20.6. The molecule has 0 saturated carbocycles. The molecule has 22 heteroatoms. The Hall–Kier alpha value is -4.67. The zero-order valence-corrected chi connectivity index (χ0v) is 42.0. The smallest absolute Gasteiger partial charge is 0.409 e. The maximum Gasteiger partial charge on any atom is 0.409 e. The number of nitrogens with one attached hydrogen (secondary N) is 1. The summed E-state index contributed by atoms with van der Waals surface area (Å²) in [6.07, 6.45) is 1.92. The van der Waals surface area contributed by atoms with Gasteiger partial charge in [-0.15, -0.1) is 11.8 Å². The quantitative estimate of drug-likeness (QED) is 0.164. The van der Waals surface area contributed by atoms with Gasteiger partial charge in [-0.3, -0.25) is 43.9 Å². The van der Waals surface area contributed by atoms with E-state index >= 15 is 0 Å². The maximum absolute atomic E-state index is 14.3. The number of carbonyl (C=O) groups excluding carboxylic acids is 8. The van der Waals surface area contributed by atoms with Crippen LogP contribution in [0.3, 0.4) is 0 Å². The molecule has 1 aromatic carbocycles. The summed E-state index contributed by atoms with van der Waals surface area (Å²) in [6.45, 7) is 6.60. The molecular weight excluding hydrogens is 946 g/mol. The van der Waals surface area contributed by atoms with Crippen molar-refractivity contribution in [1.29, 1.82) is 0 Å². The molecule has 19 nitrogen and oxygen atoms in total. The van der Waals surface area contributed by atoms with E-state index in [4.69, 9.17) is 35.3 Å². The fourth-order valence-electron chi connectivity index (χ4n) is 8.97. The van der Waals surface area contributed by atoms with Crippen LogP contribution in [0.4, 0.5) is 10.5 Å². The number of methoxy groups -OCH3 is 2. The highest BCUT2D eigenvalue weighted by molar-refractivity contribution is 8.00. The minimum Gasteiger partial charge on any atom is -0.495 e. The Kier molecular flexibility index (Phi) is 16.7. The maximum atomic E-state index is 14.3. The molecule has 7 amide bonds. The molecule has 4 bridgehead atoms. The van der Waals surface area contributed by atoms with Gasteiger partial charge in [-0.05, 0) is 51.1 Å². The van der Waals surface area contributed by atoms with Crippen molar-refractivity contribution < 1.29 is 67.1 Å². The third-order valence-corrected chi connectivity index (χ3v) is 15.9. The number of nitrogens with zero attached hydrogens (tertiary/aromatic N) is 4. The molecule has 5 aliphatic heterocycles. The number of allylic oxidation sites excluding steroid dienone is 3. The molecule has 4 unspecified atom stereocenters. The number of esters is 1. The largest absolute Gasteiger partial charge is 0.495 e. The van der Waals surface area contributed by atoms with Gasteiger partial charge in [-0.25, -0.2) is 9.59 Å². The van der Waals surface area contributed by atoms with Crippen LogP contribution in [0.15, 0.2) is 35.9 Å². The van der Waals surface area contributed by atoms with Gasteiger partial charge in [0.1, 0.15) is 40.7 Å². The van der Waals surface area contributed by atoms with Gasteiger partial charge in [-0.1, -0.05) is 42.3 Å². The van der Waals surface area contributed by atoms with Crippen molar-refractivity contribution in [1.82, 2.24) is 20.0 Å². The summed E-state index contributed by atoms with van der Waals surface area (Å²) in [5.74, 6) is -3.54. The second kappa shape index (κ2) is 21.5. The fraction of sp³-hybridized carbons (Fsp3) is 0.609. The number of likely N-dealkylation sites (N-methyl/N-ethyl adjacent to an activating group) is 1. The van der Waals surface area contributed by atoms with Crippen molar-refractivity contribution in [3.05, 3.63) is 46.5 Å². The van der Waals surface area contributed by atoms with Gasteiger partial charge in [0.25, 0.3) is 0 Å². The number of aliphatic hydroxyl groups is 1. The van der Waals surface area contributed by atoms with Crippen LogP contribution in [-0.4, -0.2) is 173 Å². The summed E-state index contributed by atoms with van der Waals surface area (Å²) in [4.78, 5) is 110. The van der Waals surface area contributed by atoms with Gasteiger partial charge in [0.05, 0.1) is 35.8 Å². The number of thioether (sulfide) groups is 2. The third kappa shape index (κ3) is 11.2. The summed E-state index contributed by atoms with van der Waals surface area (Å²) >= 11 is 9.19. The molecule has 0 aromatic heterocycles. The molecule has 1 aromatic rings. The van der Waals surface area contributed by atoms with Crippen LogP contribution in [0.25, 0.3) is 0 Å². The Morgan fingerprint density at radius 2 is 1.68 bits per heavy atom. The first-order valence-electron chi connectivity index (χ1n) is 22.2. The van der Waals surface area contributed by atoms with Gasteiger partial charge < -0.3 is 38.6 Å². The number of carbonyl (C=O) groups is 8. The van der Waals surface area contributed by atoms with Crippen molar-refractivity contribution >= 4 is 88.3 Å². The Morgan fingerprint density at radius 1 is 1.03 bits per heavy atom. The number of hydrogen-bond donors (Lipinski definition) is 2. The molecule has 4 fully saturated rings. The monoisotopic (exact) mass is 1010 g/mol. The Labute approximate surface area is 408 Å². The summed E-state index contributed by atoms with van der Waals surface area (Å²) in [5, 5.41) is 13.3. The Balaban J connectivity index is 1.16. The molecule has 68 heavy (non-hydrogen) atoms. The van der Waals surface area contributed by atoms with Crippen LogP contribution < -0.4 is 15.0 Å². The van der Waals surface area contributed by atoms with Crippen molar-refractivity contribution in [2.75, 3.05) is 58.3 Å². The number of alkyl carbamates (subject to hydrolysis) is 1. The summed E-state index contributed by atoms with van der Waals surface area (Å²) < 4.78 is 29.3. The topological polar surface area (TPSA) is 231 Å². The second-order valence-electron chi connectivity index (χ2n) is 17.9.